The predicted octanol–water partition coefficient (Wildman–Crippen LogP) is 3.61. The molecule has 0 aliphatic carbocycles. The fourth-order valence-electron chi connectivity index (χ4n) is 2.99. The Morgan fingerprint density at radius 3 is 2.62 bits per heavy atom. The van der Waals surface area contributed by atoms with Gasteiger partial charge in [-0.25, -0.2) is 9.97 Å². The lowest BCUT2D eigenvalue weighted by Gasteiger charge is -2.03. The van der Waals surface area contributed by atoms with Crippen molar-refractivity contribution in [3.63, 3.8) is 0 Å². The highest BCUT2D eigenvalue weighted by molar-refractivity contribution is 7.14. The zero-order chi connectivity index (χ0) is 20.5. The maximum absolute atomic E-state index is 12.6. The van der Waals surface area contributed by atoms with E-state index in [2.05, 4.69) is 25.7 Å². The molecule has 0 unspecified atom stereocenters. The quantitative estimate of drug-likeness (QED) is 0.539. The van der Waals surface area contributed by atoms with E-state index in [0.29, 0.717) is 10.7 Å². The summed E-state index contributed by atoms with van der Waals surface area (Å²) in [6.07, 6.45) is 1.54. The molecule has 146 valence electrons. The van der Waals surface area contributed by atoms with Crippen LogP contribution in [0.4, 0.5) is 10.8 Å². The van der Waals surface area contributed by atoms with Gasteiger partial charge in [-0.05, 0) is 25.1 Å². The van der Waals surface area contributed by atoms with E-state index >= 15 is 0 Å². The zero-order valence-electron chi connectivity index (χ0n) is 16.1. The van der Waals surface area contributed by atoms with Crippen molar-refractivity contribution in [3.8, 4) is 11.3 Å². The first kappa shape index (κ1) is 18.8. The van der Waals surface area contributed by atoms with Gasteiger partial charge in [0.1, 0.15) is 0 Å². The van der Waals surface area contributed by atoms with Gasteiger partial charge in [0.25, 0.3) is 5.91 Å². The number of aryl methyl sites for hydroxylation is 2. The molecule has 0 atom stereocenters. The fraction of sp³-hybridized carbons (Fsp3) is 0.150. The summed E-state index contributed by atoms with van der Waals surface area (Å²) in [7, 11) is 1.82. The third kappa shape index (κ3) is 3.85. The SMILES string of the molecule is CC(=O)Nc1ccc(-c2csc(NC(=O)c3cnc4c(c3)c(C)nn4C)n2)cc1. The van der Waals surface area contributed by atoms with E-state index in [1.807, 2.05) is 43.6 Å². The van der Waals surface area contributed by atoms with E-state index in [1.54, 1.807) is 10.7 Å². The summed E-state index contributed by atoms with van der Waals surface area (Å²) in [6, 6.07) is 9.15. The van der Waals surface area contributed by atoms with Gasteiger partial charge in [-0.3, -0.25) is 19.6 Å². The smallest absolute Gasteiger partial charge is 0.259 e. The Hall–Kier alpha value is -3.59. The maximum Gasteiger partial charge on any atom is 0.259 e. The second kappa shape index (κ2) is 7.44. The van der Waals surface area contributed by atoms with Crippen molar-refractivity contribution in [1.29, 1.82) is 0 Å². The van der Waals surface area contributed by atoms with Crippen molar-refractivity contribution in [1.82, 2.24) is 19.7 Å². The van der Waals surface area contributed by atoms with Crippen LogP contribution in [0.5, 0.6) is 0 Å². The van der Waals surface area contributed by atoms with Crippen LogP contribution in [0.15, 0.2) is 41.9 Å². The highest BCUT2D eigenvalue weighted by atomic mass is 32.1. The van der Waals surface area contributed by atoms with Crippen molar-refractivity contribution >= 4 is 45.0 Å². The predicted molar refractivity (Wildman–Crippen MR) is 113 cm³/mol. The average Bonchev–Trinajstić information content (AvgIpc) is 3.26. The summed E-state index contributed by atoms with van der Waals surface area (Å²) >= 11 is 1.34. The van der Waals surface area contributed by atoms with Gasteiger partial charge < -0.3 is 5.32 Å². The topological polar surface area (TPSA) is 102 Å². The molecule has 0 fully saturated rings. The molecule has 9 heteroatoms. The first-order valence-electron chi connectivity index (χ1n) is 8.85. The lowest BCUT2D eigenvalue weighted by atomic mass is 10.1. The number of nitrogens with zero attached hydrogens (tertiary/aromatic N) is 4. The molecule has 0 spiro atoms. The molecule has 1 aromatic carbocycles. The zero-order valence-corrected chi connectivity index (χ0v) is 16.9. The Kier molecular flexibility index (Phi) is 4.81. The van der Waals surface area contributed by atoms with Crippen molar-refractivity contribution in [2.45, 2.75) is 13.8 Å². The second-order valence-corrected chi connectivity index (χ2v) is 7.41. The van der Waals surface area contributed by atoms with Crippen molar-refractivity contribution in [2.75, 3.05) is 10.6 Å². The van der Waals surface area contributed by atoms with Crippen LogP contribution in [0.1, 0.15) is 23.0 Å². The first-order valence-corrected chi connectivity index (χ1v) is 9.73. The molecule has 2 amide bonds. The van der Waals surface area contributed by atoms with Crippen LogP contribution in [0.2, 0.25) is 0 Å². The van der Waals surface area contributed by atoms with Gasteiger partial charge in [0.2, 0.25) is 5.91 Å². The average molecular weight is 406 g/mol. The third-order valence-corrected chi connectivity index (χ3v) is 5.11. The van der Waals surface area contributed by atoms with Crippen LogP contribution < -0.4 is 10.6 Å². The second-order valence-electron chi connectivity index (χ2n) is 6.55. The van der Waals surface area contributed by atoms with Crippen LogP contribution in [0, 0.1) is 6.92 Å². The minimum Gasteiger partial charge on any atom is -0.326 e. The molecule has 0 aliphatic rings. The molecular formula is C20H18N6O2S. The summed E-state index contributed by atoms with van der Waals surface area (Å²) in [4.78, 5) is 32.6. The summed E-state index contributed by atoms with van der Waals surface area (Å²) in [5, 5.41) is 13.1. The van der Waals surface area contributed by atoms with E-state index in [0.717, 1.165) is 33.7 Å². The Labute approximate surface area is 170 Å². The normalized spacial score (nSPS) is 10.9. The number of anilines is 2. The van der Waals surface area contributed by atoms with E-state index in [4.69, 9.17) is 0 Å². The van der Waals surface area contributed by atoms with Gasteiger partial charge in [0.05, 0.1) is 17.0 Å². The Morgan fingerprint density at radius 1 is 1.14 bits per heavy atom. The number of amides is 2. The Bertz CT molecular complexity index is 1230. The van der Waals surface area contributed by atoms with Crippen LogP contribution in [-0.2, 0) is 11.8 Å². The molecule has 3 heterocycles. The van der Waals surface area contributed by atoms with E-state index < -0.39 is 0 Å². The maximum atomic E-state index is 12.6. The Morgan fingerprint density at radius 2 is 1.90 bits per heavy atom. The number of fused-ring (bicyclic) bond motifs is 1. The molecule has 0 saturated carbocycles. The summed E-state index contributed by atoms with van der Waals surface area (Å²) in [5.41, 5.74) is 4.37. The van der Waals surface area contributed by atoms with Crippen LogP contribution >= 0.6 is 11.3 Å². The number of thiazole rings is 1. The largest absolute Gasteiger partial charge is 0.326 e. The minimum atomic E-state index is -0.274. The minimum absolute atomic E-state index is 0.120. The van der Waals surface area contributed by atoms with Crippen molar-refractivity contribution < 1.29 is 9.59 Å². The van der Waals surface area contributed by atoms with Crippen LogP contribution in [0.3, 0.4) is 0 Å². The number of carbonyl (C=O) groups is 2. The van der Waals surface area contributed by atoms with Crippen LogP contribution in [-0.4, -0.2) is 31.6 Å². The monoisotopic (exact) mass is 406 g/mol. The molecule has 0 bridgehead atoms. The molecule has 0 saturated heterocycles. The lowest BCUT2D eigenvalue weighted by Crippen LogP contribution is -2.12. The third-order valence-electron chi connectivity index (χ3n) is 4.35. The molecule has 4 rings (SSSR count). The number of carbonyl (C=O) groups excluding carboxylic acids is 2. The number of aromatic nitrogens is 4. The molecule has 0 aliphatic heterocycles. The highest BCUT2D eigenvalue weighted by Gasteiger charge is 2.14. The molecule has 8 nitrogen and oxygen atoms in total. The molecule has 3 aromatic heterocycles. The van der Waals surface area contributed by atoms with Crippen molar-refractivity contribution in [3.05, 3.63) is 53.2 Å². The van der Waals surface area contributed by atoms with E-state index in [-0.39, 0.29) is 11.8 Å². The number of nitrogens with one attached hydrogen (secondary N) is 2. The van der Waals surface area contributed by atoms with Gasteiger partial charge in [0.15, 0.2) is 10.8 Å². The molecular weight excluding hydrogens is 388 g/mol. The van der Waals surface area contributed by atoms with Gasteiger partial charge in [-0.1, -0.05) is 12.1 Å². The van der Waals surface area contributed by atoms with E-state index in [1.165, 1.54) is 24.5 Å². The Balaban J connectivity index is 1.51. The summed E-state index contributed by atoms with van der Waals surface area (Å²) < 4.78 is 1.69. The van der Waals surface area contributed by atoms with Gasteiger partial charge in [-0.2, -0.15) is 5.10 Å². The summed E-state index contributed by atoms with van der Waals surface area (Å²) in [5.74, 6) is -0.393. The van der Waals surface area contributed by atoms with Crippen LogP contribution in [0.25, 0.3) is 22.3 Å². The first-order chi connectivity index (χ1) is 13.9. The molecule has 29 heavy (non-hydrogen) atoms. The standard InChI is InChI=1S/C20H18N6O2S/c1-11-16-8-14(9-21-18(16)26(3)25-11)19(28)24-20-23-17(10-29-20)13-4-6-15(7-5-13)22-12(2)27/h4-10H,1-3H3,(H,22,27)(H,23,24,28). The van der Waals surface area contributed by atoms with E-state index in [9.17, 15) is 9.59 Å². The van der Waals surface area contributed by atoms with Gasteiger partial charge in [-0.15, -0.1) is 11.3 Å². The summed E-state index contributed by atoms with van der Waals surface area (Å²) in [6.45, 7) is 3.35. The lowest BCUT2D eigenvalue weighted by molar-refractivity contribution is -0.114. The fourth-order valence-corrected chi connectivity index (χ4v) is 3.71. The van der Waals surface area contributed by atoms with Gasteiger partial charge >= 0.3 is 0 Å². The highest BCUT2D eigenvalue weighted by Crippen LogP contribution is 2.26. The number of hydrogen-bond acceptors (Lipinski definition) is 6. The molecule has 4 aromatic rings. The van der Waals surface area contributed by atoms with Gasteiger partial charge in [0, 0.05) is 42.2 Å². The number of hydrogen-bond donors (Lipinski definition) is 2. The number of rotatable bonds is 4. The van der Waals surface area contributed by atoms with Crippen molar-refractivity contribution in [2.24, 2.45) is 7.05 Å². The number of benzene rings is 1. The molecule has 2 N–H and O–H groups in total. The molecule has 0 radical (unpaired) electrons. The number of pyridine rings is 1.